The van der Waals surface area contributed by atoms with E-state index in [4.69, 9.17) is 9.47 Å². The van der Waals surface area contributed by atoms with Crippen LogP contribution >= 0.6 is 0 Å². The third kappa shape index (κ3) is 2.65. The van der Waals surface area contributed by atoms with Gasteiger partial charge in [0.25, 0.3) is 0 Å². The first-order chi connectivity index (χ1) is 13.6. The van der Waals surface area contributed by atoms with Crippen LogP contribution in [0, 0.1) is 6.92 Å². The molecule has 0 amide bonds. The first-order valence-corrected chi connectivity index (χ1v) is 8.81. The molecule has 0 radical (unpaired) electrons. The molecule has 0 aliphatic rings. The second-order valence-electron chi connectivity index (χ2n) is 6.59. The number of rotatable bonds is 4. The third-order valence-corrected chi connectivity index (χ3v) is 5.13. The van der Waals surface area contributed by atoms with E-state index in [2.05, 4.69) is 9.97 Å². The number of hydrogen-bond donors (Lipinski definition) is 2. The molecule has 0 aliphatic carbocycles. The second-order valence-corrected chi connectivity index (χ2v) is 6.59. The van der Waals surface area contributed by atoms with Gasteiger partial charge in [-0.25, -0.2) is 0 Å². The van der Waals surface area contributed by atoms with Crippen LogP contribution in [0.15, 0.2) is 43.0 Å². The van der Waals surface area contributed by atoms with Crippen molar-refractivity contribution >= 4 is 21.5 Å². The molecule has 0 aliphatic heterocycles. The van der Waals surface area contributed by atoms with Crippen molar-refractivity contribution in [3.63, 3.8) is 0 Å². The highest BCUT2D eigenvalue weighted by Crippen LogP contribution is 2.43. The van der Waals surface area contributed by atoms with Gasteiger partial charge >= 0.3 is 0 Å². The van der Waals surface area contributed by atoms with Gasteiger partial charge in [0, 0.05) is 58.7 Å². The quantitative estimate of drug-likeness (QED) is 0.558. The summed E-state index contributed by atoms with van der Waals surface area (Å²) in [6, 6.07) is 5.54. The lowest BCUT2D eigenvalue weighted by Gasteiger charge is -2.19. The summed E-state index contributed by atoms with van der Waals surface area (Å²) in [4.78, 5) is 8.25. The third-order valence-electron chi connectivity index (χ3n) is 5.13. The van der Waals surface area contributed by atoms with Gasteiger partial charge < -0.3 is 19.7 Å². The van der Waals surface area contributed by atoms with Gasteiger partial charge in [-0.1, -0.05) is 0 Å². The van der Waals surface area contributed by atoms with Gasteiger partial charge in [0.2, 0.25) is 0 Å². The predicted octanol–water partition coefficient (Wildman–Crippen LogP) is 4.11. The van der Waals surface area contributed by atoms with Gasteiger partial charge in [-0.15, -0.1) is 0 Å². The lowest BCUT2D eigenvalue weighted by atomic mass is 9.93. The number of aromatic nitrogens is 2. The molecule has 2 N–H and O–H groups in total. The Morgan fingerprint density at radius 2 is 1.57 bits per heavy atom. The molecule has 0 fully saturated rings. The SMILES string of the molecule is COc1cc2ccncc2c(O)c1Cc1c(OC)c(C)c(O)c2cnccc12. The van der Waals surface area contributed by atoms with E-state index in [9.17, 15) is 10.2 Å². The van der Waals surface area contributed by atoms with Crippen LogP contribution in [0.4, 0.5) is 0 Å². The zero-order valence-corrected chi connectivity index (χ0v) is 15.9. The molecule has 142 valence electrons. The van der Waals surface area contributed by atoms with Crippen LogP contribution in [0.25, 0.3) is 21.5 Å². The molecule has 2 aromatic heterocycles. The van der Waals surface area contributed by atoms with E-state index in [1.807, 2.05) is 18.2 Å². The number of pyridine rings is 2. The van der Waals surface area contributed by atoms with Crippen LogP contribution in [-0.4, -0.2) is 34.4 Å². The molecule has 28 heavy (non-hydrogen) atoms. The summed E-state index contributed by atoms with van der Waals surface area (Å²) in [5.74, 6) is 1.41. The highest BCUT2D eigenvalue weighted by molar-refractivity contribution is 5.95. The maximum Gasteiger partial charge on any atom is 0.132 e. The Balaban J connectivity index is 2.01. The van der Waals surface area contributed by atoms with E-state index in [0.29, 0.717) is 39.8 Å². The summed E-state index contributed by atoms with van der Waals surface area (Å²) in [6.45, 7) is 1.80. The maximum absolute atomic E-state index is 11.0. The standard InChI is InChI=1S/C22H20N2O4/c1-12-20(25)18-11-24-7-5-14(18)15(22(12)28-3)9-16-19(27-2)8-13-4-6-23-10-17(13)21(16)26/h4-8,10-11,25-26H,9H2,1-3H3. The molecule has 6 nitrogen and oxygen atoms in total. The number of benzene rings is 2. The second kappa shape index (κ2) is 6.88. The number of aromatic hydroxyl groups is 2. The van der Waals surface area contributed by atoms with Crippen molar-refractivity contribution < 1.29 is 19.7 Å². The minimum Gasteiger partial charge on any atom is -0.507 e. The van der Waals surface area contributed by atoms with Crippen LogP contribution < -0.4 is 9.47 Å². The summed E-state index contributed by atoms with van der Waals surface area (Å²) < 4.78 is 11.2. The molecular formula is C22H20N2O4. The van der Waals surface area contributed by atoms with E-state index in [1.165, 1.54) is 0 Å². The molecule has 0 saturated heterocycles. The van der Waals surface area contributed by atoms with Crippen molar-refractivity contribution in [2.75, 3.05) is 14.2 Å². The Bertz CT molecular complexity index is 1200. The number of hydrogen-bond acceptors (Lipinski definition) is 6. The molecule has 0 bridgehead atoms. The average Bonchev–Trinajstić information content (AvgIpc) is 2.73. The van der Waals surface area contributed by atoms with Gasteiger partial charge in [0.15, 0.2) is 0 Å². The van der Waals surface area contributed by atoms with E-state index in [0.717, 1.165) is 16.3 Å². The Hall–Kier alpha value is -3.54. The van der Waals surface area contributed by atoms with Crippen molar-refractivity contribution in [3.05, 3.63) is 59.7 Å². The van der Waals surface area contributed by atoms with E-state index < -0.39 is 0 Å². The molecule has 0 saturated carbocycles. The lowest BCUT2D eigenvalue weighted by Crippen LogP contribution is -2.01. The number of phenols is 2. The lowest BCUT2D eigenvalue weighted by molar-refractivity contribution is 0.396. The highest BCUT2D eigenvalue weighted by atomic mass is 16.5. The van der Waals surface area contributed by atoms with E-state index in [1.54, 1.807) is 45.9 Å². The predicted molar refractivity (Wildman–Crippen MR) is 107 cm³/mol. The number of fused-ring (bicyclic) bond motifs is 2. The molecule has 4 rings (SSSR count). The molecule has 0 unspecified atom stereocenters. The van der Waals surface area contributed by atoms with Crippen LogP contribution in [0.2, 0.25) is 0 Å². The molecular weight excluding hydrogens is 356 g/mol. The Kier molecular flexibility index (Phi) is 4.39. The van der Waals surface area contributed by atoms with Gasteiger partial charge in [-0.05, 0) is 35.9 Å². The van der Waals surface area contributed by atoms with Crippen LogP contribution in [0.1, 0.15) is 16.7 Å². The highest BCUT2D eigenvalue weighted by Gasteiger charge is 2.21. The van der Waals surface area contributed by atoms with Crippen molar-refractivity contribution in [3.8, 4) is 23.0 Å². The normalized spacial score (nSPS) is 11.1. The topological polar surface area (TPSA) is 84.7 Å². The number of ether oxygens (including phenoxy) is 2. The summed E-state index contributed by atoms with van der Waals surface area (Å²) in [6.07, 6.45) is 6.96. The Labute approximate surface area is 162 Å². The van der Waals surface area contributed by atoms with Gasteiger partial charge in [-0.3, -0.25) is 9.97 Å². The first kappa shape index (κ1) is 17.9. The first-order valence-electron chi connectivity index (χ1n) is 8.81. The smallest absolute Gasteiger partial charge is 0.132 e. The average molecular weight is 376 g/mol. The summed E-state index contributed by atoms with van der Waals surface area (Å²) >= 11 is 0. The van der Waals surface area contributed by atoms with E-state index >= 15 is 0 Å². The van der Waals surface area contributed by atoms with Gasteiger partial charge in [-0.2, -0.15) is 0 Å². The number of methoxy groups -OCH3 is 2. The van der Waals surface area contributed by atoms with Crippen molar-refractivity contribution in [1.29, 1.82) is 0 Å². The molecule has 2 aromatic carbocycles. The fraction of sp³-hybridized carbons (Fsp3) is 0.182. The molecule has 0 atom stereocenters. The van der Waals surface area contributed by atoms with Crippen molar-refractivity contribution in [2.24, 2.45) is 0 Å². The number of phenolic OH excluding ortho intramolecular Hbond substituents is 2. The maximum atomic E-state index is 11.0. The summed E-state index contributed by atoms with van der Waals surface area (Å²) in [5, 5.41) is 24.5. The number of nitrogens with zero attached hydrogens (tertiary/aromatic N) is 2. The zero-order valence-electron chi connectivity index (χ0n) is 15.9. The Morgan fingerprint density at radius 3 is 2.29 bits per heavy atom. The zero-order chi connectivity index (χ0) is 19.8. The fourth-order valence-corrected chi connectivity index (χ4v) is 3.72. The largest absolute Gasteiger partial charge is 0.507 e. The van der Waals surface area contributed by atoms with Crippen LogP contribution in [-0.2, 0) is 6.42 Å². The van der Waals surface area contributed by atoms with Crippen LogP contribution in [0.5, 0.6) is 23.0 Å². The van der Waals surface area contributed by atoms with Gasteiger partial charge in [0.05, 0.1) is 14.2 Å². The minimum atomic E-state index is 0.123. The monoisotopic (exact) mass is 376 g/mol. The van der Waals surface area contributed by atoms with Crippen molar-refractivity contribution in [1.82, 2.24) is 9.97 Å². The molecule has 4 aromatic rings. The van der Waals surface area contributed by atoms with Gasteiger partial charge in [0.1, 0.15) is 23.0 Å². The fourth-order valence-electron chi connectivity index (χ4n) is 3.72. The minimum absolute atomic E-state index is 0.123. The van der Waals surface area contributed by atoms with Crippen LogP contribution in [0.3, 0.4) is 0 Å². The molecule has 2 heterocycles. The molecule has 6 heteroatoms. The van der Waals surface area contributed by atoms with E-state index in [-0.39, 0.29) is 11.5 Å². The van der Waals surface area contributed by atoms with Crippen molar-refractivity contribution in [2.45, 2.75) is 13.3 Å². The Morgan fingerprint density at radius 1 is 0.857 bits per heavy atom. The summed E-state index contributed by atoms with van der Waals surface area (Å²) in [7, 11) is 3.15. The molecule has 0 spiro atoms. The summed E-state index contributed by atoms with van der Waals surface area (Å²) in [5.41, 5.74) is 2.09.